The van der Waals surface area contributed by atoms with Gasteiger partial charge in [0.05, 0.1) is 17.7 Å². The average Bonchev–Trinajstić information content (AvgIpc) is 2.33. The minimum Gasteiger partial charge on any atom is -0.487 e. The predicted molar refractivity (Wildman–Crippen MR) is 66.0 cm³/mol. The van der Waals surface area contributed by atoms with Crippen molar-refractivity contribution in [2.75, 3.05) is 39.5 Å². The standard InChI is InChI=1S/C12H16BrNO2/c13-11-3-1-2-4-12(11)16-10-7-14-5-8-15-9-6-14/h1-4H,5-10H2/p+1. The van der Waals surface area contributed by atoms with Gasteiger partial charge in [0.25, 0.3) is 0 Å². The van der Waals surface area contributed by atoms with Crippen molar-refractivity contribution in [1.29, 1.82) is 0 Å². The van der Waals surface area contributed by atoms with Crippen molar-refractivity contribution in [3.8, 4) is 5.75 Å². The van der Waals surface area contributed by atoms with Crippen LogP contribution in [-0.2, 0) is 4.74 Å². The highest BCUT2D eigenvalue weighted by Gasteiger charge is 2.13. The molecule has 1 saturated heterocycles. The predicted octanol–water partition coefficient (Wildman–Crippen LogP) is 0.743. The first-order chi connectivity index (χ1) is 7.86. The molecular weight excluding hydrogens is 270 g/mol. The molecule has 1 aromatic rings. The molecule has 1 aromatic carbocycles. The molecule has 0 radical (unpaired) electrons. The van der Waals surface area contributed by atoms with E-state index in [-0.39, 0.29) is 0 Å². The molecule has 1 fully saturated rings. The summed E-state index contributed by atoms with van der Waals surface area (Å²) in [4.78, 5) is 1.57. The van der Waals surface area contributed by atoms with E-state index in [0.717, 1.165) is 49.7 Å². The quantitative estimate of drug-likeness (QED) is 0.883. The molecule has 1 aliphatic heterocycles. The number of benzene rings is 1. The van der Waals surface area contributed by atoms with Crippen LogP contribution in [0.2, 0.25) is 0 Å². The third-order valence-corrected chi connectivity index (χ3v) is 3.40. The van der Waals surface area contributed by atoms with Gasteiger partial charge >= 0.3 is 0 Å². The minimum atomic E-state index is 0.762. The molecule has 3 nitrogen and oxygen atoms in total. The molecule has 0 unspecified atom stereocenters. The van der Waals surface area contributed by atoms with Gasteiger partial charge in [0.2, 0.25) is 0 Å². The van der Waals surface area contributed by atoms with Crippen LogP contribution >= 0.6 is 15.9 Å². The van der Waals surface area contributed by atoms with Crippen molar-refractivity contribution >= 4 is 15.9 Å². The van der Waals surface area contributed by atoms with Crippen LogP contribution in [0.4, 0.5) is 0 Å². The lowest BCUT2D eigenvalue weighted by atomic mass is 10.3. The van der Waals surface area contributed by atoms with Crippen molar-refractivity contribution in [1.82, 2.24) is 0 Å². The Balaban J connectivity index is 1.73. The molecule has 4 heteroatoms. The van der Waals surface area contributed by atoms with Gasteiger partial charge in [0.1, 0.15) is 32.0 Å². The summed E-state index contributed by atoms with van der Waals surface area (Å²) in [5.74, 6) is 0.926. The first-order valence-corrected chi connectivity index (χ1v) is 6.44. The van der Waals surface area contributed by atoms with Crippen molar-refractivity contribution < 1.29 is 14.4 Å². The van der Waals surface area contributed by atoms with E-state index in [9.17, 15) is 0 Å². The van der Waals surface area contributed by atoms with Crippen LogP contribution in [0.5, 0.6) is 5.75 Å². The van der Waals surface area contributed by atoms with Crippen LogP contribution in [0.15, 0.2) is 28.7 Å². The van der Waals surface area contributed by atoms with E-state index >= 15 is 0 Å². The van der Waals surface area contributed by atoms with Crippen molar-refractivity contribution in [3.63, 3.8) is 0 Å². The summed E-state index contributed by atoms with van der Waals surface area (Å²) in [6.45, 7) is 5.76. The molecule has 0 amide bonds. The van der Waals surface area contributed by atoms with Gasteiger partial charge in [-0.3, -0.25) is 0 Å². The lowest BCUT2D eigenvalue weighted by Gasteiger charge is -2.23. The molecule has 1 N–H and O–H groups in total. The lowest BCUT2D eigenvalue weighted by Crippen LogP contribution is -3.14. The summed E-state index contributed by atoms with van der Waals surface area (Å²) in [6.07, 6.45) is 0. The summed E-state index contributed by atoms with van der Waals surface area (Å²) < 4.78 is 12.1. The highest BCUT2D eigenvalue weighted by atomic mass is 79.9. The van der Waals surface area contributed by atoms with E-state index in [1.807, 2.05) is 24.3 Å². The number of quaternary nitrogens is 1. The average molecular weight is 287 g/mol. The third kappa shape index (κ3) is 3.47. The van der Waals surface area contributed by atoms with Crippen LogP contribution in [-0.4, -0.2) is 39.5 Å². The number of hydrogen-bond acceptors (Lipinski definition) is 2. The molecule has 1 heterocycles. The minimum absolute atomic E-state index is 0.762. The normalized spacial score (nSPS) is 17.3. The molecule has 0 spiro atoms. The second kappa shape index (κ2) is 6.23. The van der Waals surface area contributed by atoms with E-state index in [0.29, 0.717) is 0 Å². The van der Waals surface area contributed by atoms with Gasteiger partial charge < -0.3 is 14.4 Å². The van der Waals surface area contributed by atoms with Crippen molar-refractivity contribution in [2.24, 2.45) is 0 Å². The summed E-state index contributed by atoms with van der Waals surface area (Å²) in [7, 11) is 0. The first-order valence-electron chi connectivity index (χ1n) is 5.65. The van der Waals surface area contributed by atoms with E-state index in [2.05, 4.69) is 15.9 Å². The smallest absolute Gasteiger partial charge is 0.137 e. The maximum absolute atomic E-state index is 5.73. The van der Waals surface area contributed by atoms with Crippen LogP contribution in [0, 0.1) is 0 Å². The van der Waals surface area contributed by atoms with Crippen LogP contribution in [0.25, 0.3) is 0 Å². The Bertz CT molecular complexity index is 327. The fourth-order valence-corrected chi connectivity index (χ4v) is 2.18. The topological polar surface area (TPSA) is 22.9 Å². The number of halogens is 1. The Hall–Kier alpha value is -0.580. The van der Waals surface area contributed by atoms with Gasteiger partial charge in [-0.2, -0.15) is 0 Å². The number of hydrogen-bond donors (Lipinski definition) is 1. The summed E-state index contributed by atoms with van der Waals surface area (Å²) in [5.41, 5.74) is 0. The molecule has 0 bridgehead atoms. The van der Waals surface area contributed by atoms with E-state index in [1.54, 1.807) is 4.90 Å². The largest absolute Gasteiger partial charge is 0.487 e. The molecule has 0 aromatic heterocycles. The lowest BCUT2D eigenvalue weighted by molar-refractivity contribution is -0.908. The SMILES string of the molecule is Brc1ccccc1OCC[NH+]1CCOCC1. The molecule has 1 aliphatic rings. The highest BCUT2D eigenvalue weighted by Crippen LogP contribution is 2.23. The summed E-state index contributed by atoms with van der Waals surface area (Å²) in [5, 5.41) is 0. The Kier molecular flexibility index (Phi) is 4.63. The molecule has 16 heavy (non-hydrogen) atoms. The van der Waals surface area contributed by atoms with Gasteiger partial charge in [-0.25, -0.2) is 0 Å². The fourth-order valence-electron chi connectivity index (χ4n) is 1.78. The Morgan fingerprint density at radius 3 is 2.75 bits per heavy atom. The number of morpholine rings is 1. The second-order valence-electron chi connectivity index (χ2n) is 3.89. The van der Waals surface area contributed by atoms with E-state index in [1.165, 1.54) is 0 Å². The monoisotopic (exact) mass is 286 g/mol. The van der Waals surface area contributed by atoms with Crippen LogP contribution < -0.4 is 9.64 Å². The highest BCUT2D eigenvalue weighted by molar-refractivity contribution is 9.10. The van der Waals surface area contributed by atoms with Gasteiger partial charge in [-0.15, -0.1) is 0 Å². The third-order valence-electron chi connectivity index (χ3n) is 2.75. The zero-order valence-corrected chi connectivity index (χ0v) is 10.8. The number of para-hydroxylation sites is 1. The maximum Gasteiger partial charge on any atom is 0.137 e. The number of nitrogens with one attached hydrogen (secondary N) is 1. The second-order valence-corrected chi connectivity index (χ2v) is 4.75. The maximum atomic E-state index is 5.73. The molecule has 0 aliphatic carbocycles. The van der Waals surface area contributed by atoms with Crippen molar-refractivity contribution in [2.45, 2.75) is 0 Å². The van der Waals surface area contributed by atoms with Crippen LogP contribution in [0.3, 0.4) is 0 Å². The zero-order valence-electron chi connectivity index (χ0n) is 9.25. The number of ether oxygens (including phenoxy) is 2. The number of rotatable bonds is 4. The zero-order chi connectivity index (χ0) is 11.2. The van der Waals surface area contributed by atoms with E-state index in [4.69, 9.17) is 9.47 Å². The van der Waals surface area contributed by atoms with Gasteiger partial charge in [-0.1, -0.05) is 12.1 Å². The summed E-state index contributed by atoms with van der Waals surface area (Å²) in [6, 6.07) is 7.96. The molecular formula is C12H17BrNO2+. The van der Waals surface area contributed by atoms with Crippen LogP contribution in [0.1, 0.15) is 0 Å². The van der Waals surface area contributed by atoms with E-state index < -0.39 is 0 Å². The first kappa shape index (κ1) is 11.9. The Morgan fingerprint density at radius 1 is 1.25 bits per heavy atom. The molecule has 0 atom stereocenters. The summed E-state index contributed by atoms with van der Waals surface area (Å²) >= 11 is 3.47. The fraction of sp³-hybridized carbons (Fsp3) is 0.500. The molecule has 0 saturated carbocycles. The van der Waals surface area contributed by atoms with Crippen molar-refractivity contribution in [3.05, 3.63) is 28.7 Å². The molecule has 2 rings (SSSR count). The molecule has 88 valence electrons. The Morgan fingerprint density at radius 2 is 2.00 bits per heavy atom. The van der Waals surface area contributed by atoms with Gasteiger partial charge in [0, 0.05) is 0 Å². The van der Waals surface area contributed by atoms with Gasteiger partial charge in [-0.05, 0) is 28.1 Å². The van der Waals surface area contributed by atoms with Gasteiger partial charge in [0.15, 0.2) is 0 Å². The Labute approximate surface area is 104 Å².